The van der Waals surface area contributed by atoms with Crippen LogP contribution in [-0.4, -0.2) is 43.7 Å². The van der Waals surface area contributed by atoms with E-state index in [9.17, 15) is 17.6 Å². The van der Waals surface area contributed by atoms with Crippen molar-refractivity contribution < 1.29 is 22.3 Å². The lowest BCUT2D eigenvalue weighted by Crippen LogP contribution is -2.28. The first-order valence-corrected chi connectivity index (χ1v) is 11.8. The van der Waals surface area contributed by atoms with Crippen molar-refractivity contribution in [2.45, 2.75) is 6.92 Å². The molecule has 1 aromatic heterocycles. The van der Waals surface area contributed by atoms with Gasteiger partial charge in [-0.15, -0.1) is 0 Å². The minimum atomic E-state index is -3.53. The molecule has 0 fully saturated rings. The third-order valence-corrected chi connectivity index (χ3v) is 4.64. The number of likely N-dealkylation sites (N-methyl/N-ethyl adjacent to an activating group) is 1. The molecule has 33 heavy (non-hydrogen) atoms. The Morgan fingerprint density at radius 2 is 1.85 bits per heavy atom. The molecule has 174 valence electrons. The molecule has 10 nitrogen and oxygen atoms in total. The monoisotopic (exact) mass is 474 g/mol. The van der Waals surface area contributed by atoms with Crippen LogP contribution < -0.4 is 25.4 Å². The maximum atomic E-state index is 14.4. The van der Waals surface area contributed by atoms with Gasteiger partial charge in [0.05, 0.1) is 23.8 Å². The van der Waals surface area contributed by atoms with Crippen LogP contribution >= 0.6 is 0 Å². The molecule has 3 rings (SSSR count). The Morgan fingerprint density at radius 1 is 1.09 bits per heavy atom. The number of aromatic nitrogens is 2. The van der Waals surface area contributed by atoms with Gasteiger partial charge < -0.3 is 20.7 Å². The number of benzene rings is 2. The zero-order valence-electron chi connectivity index (χ0n) is 17.9. The Hall–Kier alpha value is -3.93. The Bertz CT molecular complexity index is 1240. The quantitative estimate of drug-likeness (QED) is 0.352. The molecule has 0 radical (unpaired) electrons. The number of nitrogens with zero attached hydrogens (tertiary/aromatic N) is 2. The third kappa shape index (κ3) is 7.31. The molecule has 0 saturated heterocycles. The summed E-state index contributed by atoms with van der Waals surface area (Å²) in [5.41, 5.74) is 1.11. The van der Waals surface area contributed by atoms with Crippen molar-refractivity contribution in [3.8, 4) is 5.75 Å². The van der Waals surface area contributed by atoms with Crippen molar-refractivity contribution in [3.05, 3.63) is 60.5 Å². The summed E-state index contributed by atoms with van der Waals surface area (Å²) in [6.07, 6.45) is 2.00. The summed E-state index contributed by atoms with van der Waals surface area (Å²) < 4.78 is 45.4. The van der Waals surface area contributed by atoms with Crippen molar-refractivity contribution in [1.29, 1.82) is 0 Å². The largest absolute Gasteiger partial charge is 0.484 e. The second-order valence-electron chi connectivity index (χ2n) is 6.83. The summed E-state index contributed by atoms with van der Waals surface area (Å²) in [5, 5.41) is 8.36. The van der Waals surface area contributed by atoms with Crippen molar-refractivity contribution in [1.82, 2.24) is 15.3 Å². The number of hydrogen-bond acceptors (Lipinski definition) is 8. The number of para-hydroxylation sites is 2. The molecule has 0 aliphatic heterocycles. The lowest BCUT2D eigenvalue weighted by molar-refractivity contribution is -0.122. The number of rotatable bonds is 10. The molecular weight excluding hydrogens is 451 g/mol. The molecule has 0 atom stereocenters. The SMILES string of the molecule is CCNC(=O)COc1cccc(Nc2ncc(F)c(Nc3ccccc3NS(C)(=O)=O)n2)c1. The highest BCUT2D eigenvalue weighted by atomic mass is 32.2. The van der Waals surface area contributed by atoms with Crippen LogP contribution in [0, 0.1) is 5.82 Å². The Labute approximate surface area is 190 Å². The number of sulfonamides is 1. The predicted octanol–water partition coefficient (Wildman–Crippen LogP) is 2.99. The maximum absolute atomic E-state index is 14.4. The summed E-state index contributed by atoms with van der Waals surface area (Å²) in [7, 11) is -3.53. The molecule has 12 heteroatoms. The van der Waals surface area contributed by atoms with Crippen LogP contribution in [0.15, 0.2) is 54.7 Å². The fourth-order valence-electron chi connectivity index (χ4n) is 2.71. The summed E-state index contributed by atoms with van der Waals surface area (Å²) in [5.74, 6) is -0.576. The molecule has 0 aliphatic rings. The molecule has 0 saturated carbocycles. The van der Waals surface area contributed by atoms with Gasteiger partial charge in [-0.05, 0) is 31.2 Å². The highest BCUT2D eigenvalue weighted by Crippen LogP contribution is 2.27. The molecule has 4 N–H and O–H groups in total. The molecule has 0 spiro atoms. The Kier molecular flexibility index (Phi) is 7.61. The van der Waals surface area contributed by atoms with Crippen LogP contribution in [0.2, 0.25) is 0 Å². The highest BCUT2D eigenvalue weighted by molar-refractivity contribution is 7.92. The molecule has 2 aromatic carbocycles. The van der Waals surface area contributed by atoms with E-state index in [0.717, 1.165) is 12.5 Å². The van der Waals surface area contributed by atoms with Crippen LogP contribution in [0.5, 0.6) is 5.75 Å². The summed E-state index contributed by atoms with van der Waals surface area (Å²) in [4.78, 5) is 19.6. The fraction of sp³-hybridized carbons (Fsp3) is 0.190. The molecule has 0 bridgehead atoms. The van der Waals surface area contributed by atoms with Gasteiger partial charge in [-0.3, -0.25) is 9.52 Å². The Balaban J connectivity index is 1.75. The topological polar surface area (TPSA) is 134 Å². The van der Waals surface area contributed by atoms with Crippen molar-refractivity contribution in [2.24, 2.45) is 0 Å². The van der Waals surface area contributed by atoms with Crippen molar-refractivity contribution in [3.63, 3.8) is 0 Å². The number of ether oxygens (including phenoxy) is 1. The van der Waals surface area contributed by atoms with E-state index in [1.165, 1.54) is 6.07 Å². The van der Waals surface area contributed by atoms with Crippen LogP contribution in [0.3, 0.4) is 0 Å². The van der Waals surface area contributed by atoms with Crippen LogP contribution in [0.4, 0.5) is 33.2 Å². The van der Waals surface area contributed by atoms with Crippen LogP contribution in [0.25, 0.3) is 0 Å². The lowest BCUT2D eigenvalue weighted by atomic mass is 10.2. The third-order valence-electron chi connectivity index (χ3n) is 4.05. The predicted molar refractivity (Wildman–Crippen MR) is 124 cm³/mol. The molecular formula is C21H23FN6O4S. The van der Waals surface area contributed by atoms with Gasteiger partial charge in [0.25, 0.3) is 5.91 Å². The Morgan fingerprint density at radius 3 is 2.58 bits per heavy atom. The fourth-order valence-corrected chi connectivity index (χ4v) is 3.29. The number of amides is 1. The van der Waals surface area contributed by atoms with E-state index in [4.69, 9.17) is 4.74 Å². The van der Waals surface area contributed by atoms with E-state index in [0.29, 0.717) is 23.7 Å². The average Bonchev–Trinajstić information content (AvgIpc) is 2.75. The number of carbonyl (C=O) groups is 1. The van der Waals surface area contributed by atoms with E-state index in [1.54, 1.807) is 42.5 Å². The zero-order chi connectivity index (χ0) is 23.8. The molecule has 3 aromatic rings. The first-order chi connectivity index (χ1) is 15.7. The second kappa shape index (κ2) is 10.6. The molecule has 0 aliphatic carbocycles. The van der Waals surface area contributed by atoms with Gasteiger partial charge in [0.2, 0.25) is 16.0 Å². The van der Waals surface area contributed by atoms with E-state index >= 15 is 0 Å². The van der Waals surface area contributed by atoms with E-state index in [2.05, 4.69) is 30.6 Å². The zero-order valence-corrected chi connectivity index (χ0v) is 18.7. The highest BCUT2D eigenvalue weighted by Gasteiger charge is 2.12. The van der Waals surface area contributed by atoms with E-state index < -0.39 is 15.8 Å². The molecule has 0 unspecified atom stereocenters. The van der Waals surface area contributed by atoms with Gasteiger partial charge in [-0.25, -0.2) is 17.8 Å². The van der Waals surface area contributed by atoms with Gasteiger partial charge >= 0.3 is 0 Å². The van der Waals surface area contributed by atoms with Gasteiger partial charge in [0.1, 0.15) is 5.75 Å². The van der Waals surface area contributed by atoms with Crippen molar-refractivity contribution in [2.75, 3.05) is 34.8 Å². The number of halogens is 1. The minimum Gasteiger partial charge on any atom is -0.484 e. The van der Waals surface area contributed by atoms with Crippen LogP contribution in [-0.2, 0) is 14.8 Å². The normalized spacial score (nSPS) is 10.9. The van der Waals surface area contributed by atoms with Gasteiger partial charge in [-0.1, -0.05) is 18.2 Å². The van der Waals surface area contributed by atoms with E-state index in [1.807, 2.05) is 6.92 Å². The number of anilines is 5. The number of nitrogens with one attached hydrogen (secondary N) is 4. The summed E-state index contributed by atoms with van der Waals surface area (Å²) in [6, 6.07) is 13.2. The first-order valence-electron chi connectivity index (χ1n) is 9.86. The van der Waals surface area contributed by atoms with E-state index in [-0.39, 0.29) is 30.0 Å². The summed E-state index contributed by atoms with van der Waals surface area (Å²) >= 11 is 0. The minimum absolute atomic E-state index is 0.0910. The molecule has 1 heterocycles. The van der Waals surface area contributed by atoms with Crippen molar-refractivity contribution >= 4 is 44.8 Å². The average molecular weight is 475 g/mol. The standard InChI is InChI=1S/C21H23FN6O4S/c1-3-23-19(29)13-32-15-8-6-7-14(11-15)25-21-24-12-16(22)20(27-21)26-17-9-4-5-10-18(17)28-33(2,30)31/h4-12,28H,3,13H2,1-2H3,(H,23,29)(H2,24,25,26,27). The second-order valence-corrected chi connectivity index (χ2v) is 8.58. The van der Waals surface area contributed by atoms with Crippen LogP contribution in [0.1, 0.15) is 6.92 Å². The molecule has 1 amide bonds. The van der Waals surface area contributed by atoms with Gasteiger partial charge in [0, 0.05) is 18.3 Å². The lowest BCUT2D eigenvalue weighted by Gasteiger charge is -2.14. The smallest absolute Gasteiger partial charge is 0.257 e. The number of carbonyl (C=O) groups excluding carboxylic acids is 1. The summed E-state index contributed by atoms with van der Waals surface area (Å²) in [6.45, 7) is 2.20. The van der Waals surface area contributed by atoms with Gasteiger partial charge in [0.15, 0.2) is 18.2 Å². The first kappa shape index (κ1) is 23.7. The number of hydrogen-bond donors (Lipinski definition) is 4. The maximum Gasteiger partial charge on any atom is 0.257 e. The van der Waals surface area contributed by atoms with Gasteiger partial charge in [-0.2, -0.15) is 4.98 Å².